The molecule has 3 rings (SSSR count). The predicted molar refractivity (Wildman–Crippen MR) is 97.5 cm³/mol. The van der Waals surface area contributed by atoms with Gasteiger partial charge in [0.25, 0.3) is 5.91 Å². The van der Waals surface area contributed by atoms with Gasteiger partial charge in [0, 0.05) is 24.2 Å². The van der Waals surface area contributed by atoms with Gasteiger partial charge < -0.3 is 15.0 Å². The monoisotopic (exact) mass is 379 g/mol. The van der Waals surface area contributed by atoms with E-state index in [-0.39, 0.29) is 18.2 Å². The van der Waals surface area contributed by atoms with Crippen LogP contribution in [0.1, 0.15) is 0 Å². The molecule has 2 N–H and O–H groups in total. The van der Waals surface area contributed by atoms with E-state index in [9.17, 15) is 9.59 Å². The molecule has 6 nitrogen and oxygen atoms in total. The van der Waals surface area contributed by atoms with Gasteiger partial charge in [0.2, 0.25) is 0 Å². The Morgan fingerprint density at radius 1 is 1.20 bits per heavy atom. The molecule has 0 aliphatic heterocycles. The van der Waals surface area contributed by atoms with Crippen LogP contribution in [-0.4, -0.2) is 28.6 Å². The maximum Gasteiger partial charge on any atom is 0.326 e. The number of nitrogens with one attached hydrogen (secondary N) is 2. The minimum absolute atomic E-state index is 0.192. The summed E-state index contributed by atoms with van der Waals surface area (Å²) >= 11 is 11.8. The zero-order chi connectivity index (χ0) is 17.8. The summed E-state index contributed by atoms with van der Waals surface area (Å²) in [5.74, 6) is 0.0288. The average molecular weight is 380 g/mol. The topological polar surface area (TPSA) is 76.1 Å². The van der Waals surface area contributed by atoms with Crippen LogP contribution in [0.25, 0.3) is 11.0 Å². The fourth-order valence-corrected chi connectivity index (χ4v) is 2.75. The summed E-state index contributed by atoms with van der Waals surface area (Å²) in [6, 6.07) is 12.2. The van der Waals surface area contributed by atoms with Crippen LogP contribution in [0.5, 0.6) is 5.75 Å². The number of H-pyrrole nitrogens is 1. The van der Waals surface area contributed by atoms with E-state index in [4.69, 9.17) is 27.9 Å². The number of para-hydroxylation sites is 2. The fourth-order valence-electron chi connectivity index (χ4n) is 2.42. The van der Waals surface area contributed by atoms with Gasteiger partial charge in [0.1, 0.15) is 5.75 Å². The van der Waals surface area contributed by atoms with Crippen molar-refractivity contribution in [3.05, 3.63) is 63.0 Å². The van der Waals surface area contributed by atoms with E-state index in [2.05, 4.69) is 10.3 Å². The molecule has 0 aliphatic rings. The van der Waals surface area contributed by atoms with Crippen LogP contribution in [0.4, 0.5) is 0 Å². The first-order valence-electron chi connectivity index (χ1n) is 7.56. The number of hydrogen-bond donors (Lipinski definition) is 2. The van der Waals surface area contributed by atoms with Crippen molar-refractivity contribution in [2.24, 2.45) is 0 Å². The highest BCUT2D eigenvalue weighted by Gasteiger charge is 2.08. The number of aromatic nitrogens is 2. The predicted octanol–water partition coefficient (Wildman–Crippen LogP) is 2.83. The van der Waals surface area contributed by atoms with Crippen molar-refractivity contribution in [2.75, 3.05) is 13.2 Å². The number of benzene rings is 2. The van der Waals surface area contributed by atoms with Gasteiger partial charge in [0.15, 0.2) is 6.61 Å². The summed E-state index contributed by atoms with van der Waals surface area (Å²) in [6.07, 6.45) is 0. The molecular weight excluding hydrogens is 365 g/mol. The quantitative estimate of drug-likeness (QED) is 0.691. The molecule has 130 valence electrons. The van der Waals surface area contributed by atoms with Crippen LogP contribution in [0, 0.1) is 0 Å². The van der Waals surface area contributed by atoms with E-state index in [1.807, 2.05) is 24.3 Å². The van der Waals surface area contributed by atoms with Crippen molar-refractivity contribution >= 4 is 40.1 Å². The second-order valence-corrected chi connectivity index (χ2v) is 6.16. The van der Waals surface area contributed by atoms with Gasteiger partial charge in [-0.3, -0.25) is 9.36 Å². The van der Waals surface area contributed by atoms with Gasteiger partial charge in [-0.2, -0.15) is 0 Å². The first-order valence-corrected chi connectivity index (χ1v) is 8.32. The van der Waals surface area contributed by atoms with E-state index in [1.165, 1.54) is 0 Å². The average Bonchev–Trinajstić information content (AvgIpc) is 2.91. The number of imidazole rings is 1. The minimum Gasteiger partial charge on any atom is -0.482 e. The fraction of sp³-hybridized carbons (Fsp3) is 0.176. The normalized spacial score (nSPS) is 10.8. The Hall–Kier alpha value is -2.44. The summed E-state index contributed by atoms with van der Waals surface area (Å²) in [5.41, 5.74) is 1.35. The van der Waals surface area contributed by atoms with E-state index in [0.717, 1.165) is 11.0 Å². The summed E-state index contributed by atoms with van der Waals surface area (Å²) in [4.78, 5) is 26.6. The number of nitrogens with zero attached hydrogens (tertiary/aromatic N) is 1. The lowest BCUT2D eigenvalue weighted by molar-refractivity contribution is -0.123. The highest BCUT2D eigenvalue weighted by atomic mass is 35.5. The Morgan fingerprint density at radius 3 is 2.84 bits per heavy atom. The molecule has 3 aromatic rings. The standard InChI is InChI=1S/C17H15Cl2N3O3/c18-11-5-6-12(19)15(9-11)25-10-16(23)20-7-8-22-14-4-2-1-3-13(14)21-17(22)24/h1-6,9H,7-8,10H2,(H,20,23)(H,21,24). The number of amides is 1. The number of carbonyl (C=O) groups excluding carboxylic acids is 1. The molecule has 1 aromatic heterocycles. The molecule has 0 bridgehead atoms. The molecule has 0 spiro atoms. The van der Waals surface area contributed by atoms with Crippen LogP contribution in [0.15, 0.2) is 47.3 Å². The molecule has 0 fully saturated rings. The molecule has 0 saturated heterocycles. The number of aromatic amines is 1. The third kappa shape index (κ3) is 4.15. The van der Waals surface area contributed by atoms with Gasteiger partial charge in [-0.25, -0.2) is 4.79 Å². The Labute approximate surface area is 153 Å². The smallest absolute Gasteiger partial charge is 0.326 e. The van der Waals surface area contributed by atoms with Gasteiger partial charge in [-0.15, -0.1) is 0 Å². The third-order valence-corrected chi connectivity index (χ3v) is 4.14. The molecule has 2 aromatic carbocycles. The van der Waals surface area contributed by atoms with Gasteiger partial charge in [0.05, 0.1) is 16.1 Å². The lowest BCUT2D eigenvalue weighted by Crippen LogP contribution is -2.33. The molecule has 0 radical (unpaired) electrons. The lowest BCUT2D eigenvalue weighted by Gasteiger charge is -2.09. The van der Waals surface area contributed by atoms with Crippen molar-refractivity contribution in [2.45, 2.75) is 6.54 Å². The zero-order valence-electron chi connectivity index (χ0n) is 13.1. The Bertz CT molecular complexity index is 965. The Kier molecular flexibility index (Phi) is 5.31. The van der Waals surface area contributed by atoms with E-state index in [1.54, 1.807) is 22.8 Å². The van der Waals surface area contributed by atoms with Crippen molar-refractivity contribution < 1.29 is 9.53 Å². The summed E-state index contributed by atoms with van der Waals surface area (Å²) in [5, 5.41) is 3.55. The zero-order valence-corrected chi connectivity index (χ0v) is 14.6. The van der Waals surface area contributed by atoms with Gasteiger partial charge in [-0.1, -0.05) is 35.3 Å². The highest BCUT2D eigenvalue weighted by molar-refractivity contribution is 6.34. The van der Waals surface area contributed by atoms with E-state index >= 15 is 0 Å². The van der Waals surface area contributed by atoms with Crippen LogP contribution >= 0.6 is 23.2 Å². The van der Waals surface area contributed by atoms with E-state index in [0.29, 0.717) is 28.9 Å². The van der Waals surface area contributed by atoms with Crippen LogP contribution in [0.2, 0.25) is 10.0 Å². The SMILES string of the molecule is O=C(COc1cc(Cl)ccc1Cl)NCCn1c(=O)[nH]c2ccccc21. The number of halogens is 2. The molecule has 0 saturated carbocycles. The largest absolute Gasteiger partial charge is 0.482 e. The summed E-state index contributed by atoms with van der Waals surface area (Å²) < 4.78 is 6.93. The van der Waals surface area contributed by atoms with Crippen LogP contribution in [0.3, 0.4) is 0 Å². The van der Waals surface area contributed by atoms with Crippen LogP contribution in [-0.2, 0) is 11.3 Å². The maximum absolute atomic E-state index is 11.9. The van der Waals surface area contributed by atoms with Crippen molar-refractivity contribution in [3.63, 3.8) is 0 Å². The molecule has 0 aliphatic carbocycles. The number of rotatable bonds is 6. The Balaban J connectivity index is 1.53. The molecule has 1 heterocycles. The highest BCUT2D eigenvalue weighted by Crippen LogP contribution is 2.27. The molecule has 0 atom stereocenters. The number of fused-ring (bicyclic) bond motifs is 1. The van der Waals surface area contributed by atoms with Crippen LogP contribution < -0.4 is 15.7 Å². The minimum atomic E-state index is -0.316. The first kappa shape index (κ1) is 17.4. The molecule has 8 heteroatoms. The van der Waals surface area contributed by atoms with Gasteiger partial charge in [-0.05, 0) is 24.3 Å². The summed E-state index contributed by atoms with van der Waals surface area (Å²) in [7, 11) is 0. The molecule has 25 heavy (non-hydrogen) atoms. The number of carbonyl (C=O) groups is 1. The molecule has 0 unspecified atom stereocenters. The maximum atomic E-state index is 11.9. The van der Waals surface area contributed by atoms with E-state index < -0.39 is 0 Å². The molecular formula is C17H15Cl2N3O3. The number of ether oxygens (including phenoxy) is 1. The first-order chi connectivity index (χ1) is 12.0. The number of hydrogen-bond acceptors (Lipinski definition) is 3. The summed E-state index contributed by atoms with van der Waals surface area (Å²) in [6.45, 7) is 0.461. The Morgan fingerprint density at radius 2 is 2.00 bits per heavy atom. The molecule has 1 amide bonds. The lowest BCUT2D eigenvalue weighted by atomic mass is 10.3. The van der Waals surface area contributed by atoms with Crippen molar-refractivity contribution in [1.82, 2.24) is 14.9 Å². The van der Waals surface area contributed by atoms with Gasteiger partial charge >= 0.3 is 5.69 Å². The second-order valence-electron chi connectivity index (χ2n) is 5.31. The van der Waals surface area contributed by atoms with Crippen molar-refractivity contribution in [1.29, 1.82) is 0 Å². The second kappa shape index (κ2) is 7.63. The van der Waals surface area contributed by atoms with Crippen molar-refractivity contribution in [3.8, 4) is 5.75 Å². The third-order valence-electron chi connectivity index (χ3n) is 3.59.